The molecule has 0 saturated carbocycles. The summed E-state index contributed by atoms with van der Waals surface area (Å²) in [5, 5.41) is 0. The van der Waals surface area contributed by atoms with Crippen LogP contribution in [0.25, 0.3) is 0 Å². The molecular weight excluding hydrogens is 323 g/mol. The van der Waals surface area contributed by atoms with E-state index in [1.165, 1.54) is 51.4 Å². The quantitative estimate of drug-likeness (QED) is 0.140. The Labute approximate surface area is 150 Å². The van der Waals surface area contributed by atoms with Gasteiger partial charge in [-0.15, -0.1) is 6.58 Å². The fourth-order valence-corrected chi connectivity index (χ4v) is 3.59. The Morgan fingerprint density at radius 2 is 1.12 bits per heavy atom. The third-order valence-electron chi connectivity index (χ3n) is 3.85. The van der Waals surface area contributed by atoms with Gasteiger partial charge >= 0.3 is 7.82 Å². The van der Waals surface area contributed by atoms with Crippen LogP contribution in [0.15, 0.2) is 12.7 Å². The zero-order chi connectivity index (χ0) is 17.9. The molecule has 0 fully saturated rings. The Morgan fingerprint density at radius 1 is 0.708 bits per heavy atom. The van der Waals surface area contributed by atoms with Crippen LogP contribution < -0.4 is 0 Å². The zero-order valence-corrected chi connectivity index (χ0v) is 16.9. The Kier molecular flexibility index (Phi) is 17.6. The van der Waals surface area contributed by atoms with Crippen LogP contribution in [-0.4, -0.2) is 19.8 Å². The largest absolute Gasteiger partial charge is 0.475 e. The molecule has 0 aromatic heterocycles. The summed E-state index contributed by atoms with van der Waals surface area (Å²) in [6.07, 6.45) is 15.5. The van der Waals surface area contributed by atoms with Crippen molar-refractivity contribution in [3.8, 4) is 0 Å². The fourth-order valence-electron chi connectivity index (χ4n) is 2.37. The van der Waals surface area contributed by atoms with E-state index in [9.17, 15) is 4.57 Å². The molecule has 0 aliphatic carbocycles. The predicted octanol–water partition coefficient (Wildman–Crippen LogP) is 7.05. The Balaban J connectivity index is 3.86. The van der Waals surface area contributed by atoms with E-state index in [1.54, 1.807) is 6.08 Å². The Morgan fingerprint density at radius 3 is 1.54 bits per heavy atom. The van der Waals surface area contributed by atoms with Crippen LogP contribution >= 0.6 is 7.82 Å². The van der Waals surface area contributed by atoms with Gasteiger partial charge in [0.05, 0.1) is 19.8 Å². The Hall–Kier alpha value is -0.150. The van der Waals surface area contributed by atoms with E-state index in [0.717, 1.165) is 25.7 Å². The minimum Gasteiger partial charge on any atom is -0.287 e. The lowest BCUT2D eigenvalue weighted by Gasteiger charge is -2.17. The molecule has 0 aromatic rings. The molecular formula is C19H39O4P. The average Bonchev–Trinajstić information content (AvgIpc) is 2.58. The van der Waals surface area contributed by atoms with E-state index in [-0.39, 0.29) is 6.61 Å². The summed E-state index contributed by atoms with van der Waals surface area (Å²) in [7, 11) is -3.43. The molecule has 0 aliphatic rings. The van der Waals surface area contributed by atoms with Gasteiger partial charge in [-0.25, -0.2) is 4.57 Å². The third-order valence-corrected chi connectivity index (χ3v) is 5.31. The van der Waals surface area contributed by atoms with E-state index < -0.39 is 7.82 Å². The van der Waals surface area contributed by atoms with Gasteiger partial charge in [0.1, 0.15) is 0 Å². The summed E-state index contributed by atoms with van der Waals surface area (Å²) in [5.74, 6) is 0. The molecule has 4 nitrogen and oxygen atoms in total. The highest BCUT2D eigenvalue weighted by Crippen LogP contribution is 2.49. The van der Waals surface area contributed by atoms with Crippen LogP contribution in [0.5, 0.6) is 0 Å². The van der Waals surface area contributed by atoms with Gasteiger partial charge in [0, 0.05) is 0 Å². The first-order valence-electron chi connectivity index (χ1n) is 9.83. The minimum atomic E-state index is -3.43. The van der Waals surface area contributed by atoms with E-state index in [4.69, 9.17) is 13.6 Å². The lowest BCUT2D eigenvalue weighted by molar-refractivity contribution is 0.118. The minimum absolute atomic E-state index is 0.185. The van der Waals surface area contributed by atoms with E-state index >= 15 is 0 Å². The molecule has 0 amide bonds. The first-order chi connectivity index (χ1) is 11.7. The molecule has 0 heterocycles. The number of hydrogen-bond donors (Lipinski definition) is 0. The standard InChI is InChI=1S/C19H39O4P/c1-4-7-9-11-13-15-18-22-24(20,21-17-6-3)23-19-16-14-12-10-8-5-2/h6H,3-5,7-19H2,1-2H3. The second-order valence-corrected chi connectivity index (χ2v) is 7.90. The molecule has 144 valence electrons. The molecule has 0 saturated heterocycles. The van der Waals surface area contributed by atoms with Crippen LogP contribution in [0.2, 0.25) is 0 Å². The van der Waals surface area contributed by atoms with Crippen molar-refractivity contribution in [1.82, 2.24) is 0 Å². The molecule has 0 aliphatic heterocycles. The number of unbranched alkanes of at least 4 members (excludes halogenated alkanes) is 10. The number of rotatable bonds is 19. The molecule has 5 heteroatoms. The van der Waals surface area contributed by atoms with Crippen molar-refractivity contribution in [2.45, 2.75) is 90.9 Å². The summed E-state index contributed by atoms with van der Waals surface area (Å²) in [4.78, 5) is 0. The summed E-state index contributed by atoms with van der Waals surface area (Å²) in [6.45, 7) is 9.03. The van der Waals surface area contributed by atoms with Crippen LogP contribution in [0.1, 0.15) is 90.9 Å². The molecule has 0 spiro atoms. The number of phosphoric ester groups is 1. The maximum absolute atomic E-state index is 12.5. The van der Waals surface area contributed by atoms with Gasteiger partial charge in [-0.1, -0.05) is 84.1 Å². The topological polar surface area (TPSA) is 44.8 Å². The normalized spacial score (nSPS) is 11.8. The lowest BCUT2D eigenvalue weighted by atomic mass is 10.1. The van der Waals surface area contributed by atoms with Gasteiger partial charge in [-0.2, -0.15) is 0 Å². The van der Waals surface area contributed by atoms with E-state index in [1.807, 2.05) is 0 Å². The first kappa shape index (κ1) is 23.9. The second kappa shape index (κ2) is 17.7. The van der Waals surface area contributed by atoms with Crippen LogP contribution in [0.4, 0.5) is 0 Å². The van der Waals surface area contributed by atoms with Crippen molar-refractivity contribution in [3.05, 3.63) is 12.7 Å². The van der Waals surface area contributed by atoms with Crippen molar-refractivity contribution >= 4 is 7.82 Å². The highest BCUT2D eigenvalue weighted by atomic mass is 31.2. The van der Waals surface area contributed by atoms with Gasteiger partial charge in [-0.3, -0.25) is 13.6 Å². The summed E-state index contributed by atoms with van der Waals surface area (Å²) in [5.41, 5.74) is 0. The molecule has 0 radical (unpaired) electrons. The molecule has 0 N–H and O–H groups in total. The van der Waals surface area contributed by atoms with Gasteiger partial charge in [0.2, 0.25) is 0 Å². The molecule has 0 bridgehead atoms. The van der Waals surface area contributed by atoms with Crippen LogP contribution in [-0.2, 0) is 18.1 Å². The third kappa shape index (κ3) is 15.4. The Bertz CT molecular complexity index is 298. The van der Waals surface area contributed by atoms with E-state index in [0.29, 0.717) is 13.2 Å². The summed E-state index contributed by atoms with van der Waals surface area (Å²) in [6, 6.07) is 0. The second-order valence-electron chi connectivity index (χ2n) is 6.23. The lowest BCUT2D eigenvalue weighted by Crippen LogP contribution is -2.03. The zero-order valence-electron chi connectivity index (χ0n) is 16.0. The highest BCUT2D eigenvalue weighted by molar-refractivity contribution is 7.48. The molecule has 24 heavy (non-hydrogen) atoms. The van der Waals surface area contributed by atoms with Gasteiger partial charge in [0.15, 0.2) is 0 Å². The molecule has 0 atom stereocenters. The molecule has 0 aromatic carbocycles. The van der Waals surface area contributed by atoms with Gasteiger partial charge in [0.25, 0.3) is 0 Å². The van der Waals surface area contributed by atoms with E-state index in [2.05, 4.69) is 20.4 Å². The predicted molar refractivity (Wildman–Crippen MR) is 102 cm³/mol. The fraction of sp³-hybridized carbons (Fsp3) is 0.895. The summed E-state index contributed by atoms with van der Waals surface area (Å²) < 4.78 is 28.7. The maximum atomic E-state index is 12.5. The maximum Gasteiger partial charge on any atom is 0.475 e. The smallest absolute Gasteiger partial charge is 0.287 e. The van der Waals surface area contributed by atoms with Crippen molar-refractivity contribution in [2.24, 2.45) is 0 Å². The van der Waals surface area contributed by atoms with Crippen LogP contribution in [0.3, 0.4) is 0 Å². The number of phosphoric acid groups is 1. The first-order valence-corrected chi connectivity index (χ1v) is 11.3. The van der Waals surface area contributed by atoms with Crippen molar-refractivity contribution in [1.29, 1.82) is 0 Å². The molecule has 0 rings (SSSR count). The molecule has 0 unspecified atom stereocenters. The van der Waals surface area contributed by atoms with Crippen LogP contribution in [0, 0.1) is 0 Å². The van der Waals surface area contributed by atoms with Gasteiger partial charge < -0.3 is 0 Å². The van der Waals surface area contributed by atoms with Crippen molar-refractivity contribution < 1.29 is 18.1 Å². The van der Waals surface area contributed by atoms with Gasteiger partial charge in [-0.05, 0) is 12.8 Å². The SMILES string of the molecule is C=CCOP(=O)(OCCCCCCCC)OCCCCCCCC. The summed E-state index contributed by atoms with van der Waals surface area (Å²) >= 11 is 0. The average molecular weight is 362 g/mol. The number of hydrogen-bond acceptors (Lipinski definition) is 4. The highest BCUT2D eigenvalue weighted by Gasteiger charge is 2.25. The van der Waals surface area contributed by atoms with Crippen molar-refractivity contribution in [2.75, 3.05) is 19.8 Å². The van der Waals surface area contributed by atoms with Crippen molar-refractivity contribution in [3.63, 3.8) is 0 Å². The monoisotopic (exact) mass is 362 g/mol.